The molecule has 0 radical (unpaired) electrons. The number of hydrogen-bond acceptors (Lipinski definition) is 5. The predicted octanol–water partition coefficient (Wildman–Crippen LogP) is 7.22. The third-order valence-corrected chi connectivity index (χ3v) is 10.8. The van der Waals surface area contributed by atoms with Crippen LogP contribution in [0.3, 0.4) is 0 Å². The number of benzene rings is 1. The molecular formula is C29H28ClNO2S3. The topological polar surface area (TPSA) is 40.5 Å². The van der Waals surface area contributed by atoms with Gasteiger partial charge in [0, 0.05) is 39.4 Å². The fourth-order valence-corrected chi connectivity index (χ4v) is 9.54. The van der Waals surface area contributed by atoms with E-state index in [1.807, 2.05) is 35.2 Å². The van der Waals surface area contributed by atoms with E-state index in [0.717, 1.165) is 32.7 Å². The molecule has 1 saturated heterocycles. The Morgan fingerprint density at radius 1 is 1.14 bits per heavy atom. The van der Waals surface area contributed by atoms with E-state index >= 15 is 0 Å². The lowest BCUT2D eigenvalue weighted by molar-refractivity contribution is -0.130. The van der Waals surface area contributed by atoms with Gasteiger partial charge in [0.25, 0.3) is 5.91 Å². The van der Waals surface area contributed by atoms with E-state index in [1.165, 1.54) is 43.9 Å². The largest absolute Gasteiger partial charge is 0.396 e. The van der Waals surface area contributed by atoms with Crippen LogP contribution in [0.5, 0.6) is 0 Å². The van der Waals surface area contributed by atoms with Crippen LogP contribution < -0.4 is 0 Å². The quantitative estimate of drug-likeness (QED) is 0.184. The zero-order chi connectivity index (χ0) is 24.8. The van der Waals surface area contributed by atoms with Crippen molar-refractivity contribution in [3.8, 4) is 22.3 Å². The molecule has 3 nitrogen and oxygen atoms in total. The third kappa shape index (κ3) is 4.70. The molecular weight excluding hydrogens is 526 g/mol. The summed E-state index contributed by atoms with van der Waals surface area (Å²) in [6.45, 7) is 0.131. The molecule has 7 rings (SSSR count). The predicted molar refractivity (Wildman–Crippen MR) is 154 cm³/mol. The van der Waals surface area contributed by atoms with Crippen molar-refractivity contribution in [2.75, 3.05) is 6.61 Å². The van der Waals surface area contributed by atoms with Gasteiger partial charge < -0.3 is 5.11 Å². The molecule has 1 aliphatic heterocycles. The minimum atomic E-state index is 0.0689. The van der Waals surface area contributed by atoms with Gasteiger partial charge >= 0.3 is 0 Å². The summed E-state index contributed by atoms with van der Waals surface area (Å²) < 4.78 is 0.714. The Hall–Kier alpha value is -1.62. The minimum absolute atomic E-state index is 0.0689. The summed E-state index contributed by atoms with van der Waals surface area (Å²) in [4.78, 5) is 18.5. The Labute approximate surface area is 231 Å². The van der Waals surface area contributed by atoms with Crippen LogP contribution in [0.25, 0.3) is 16.5 Å². The zero-order valence-electron chi connectivity index (χ0n) is 19.9. The number of thiocarbonyl (C=S) groups is 1. The van der Waals surface area contributed by atoms with Crippen LogP contribution in [-0.2, 0) is 4.79 Å². The molecule has 5 fully saturated rings. The summed E-state index contributed by atoms with van der Waals surface area (Å²) in [6, 6.07) is 10.2. The standard InChI is InChI=1S/C29H28ClNO2S3/c30-23-7-4-6-19(14-23)24-15-20(5-2-1-3-8-32)25(35-24)16-26-28(33)31(29(34)36-26)27-21-10-17-9-18(12-21)13-22(27)11-17/h4,6-7,14-18,21-22,27,32H,1,3,8-13H2/b26-16-. The number of rotatable bonds is 5. The Bertz CT molecular complexity index is 1280. The number of nitrogens with zero attached hydrogens (tertiary/aromatic N) is 1. The Morgan fingerprint density at radius 3 is 2.58 bits per heavy atom. The summed E-state index contributed by atoms with van der Waals surface area (Å²) in [6.07, 6.45) is 9.71. The Morgan fingerprint density at radius 2 is 1.89 bits per heavy atom. The van der Waals surface area contributed by atoms with Crippen LogP contribution in [0.1, 0.15) is 55.4 Å². The van der Waals surface area contributed by atoms with Crippen molar-refractivity contribution in [1.82, 2.24) is 4.90 Å². The van der Waals surface area contributed by atoms with Gasteiger partial charge in [-0.25, -0.2) is 0 Å². The van der Waals surface area contributed by atoms with Crippen molar-refractivity contribution in [1.29, 1.82) is 0 Å². The van der Waals surface area contributed by atoms with Gasteiger partial charge in [0.05, 0.1) is 4.91 Å². The average Bonchev–Trinajstić information content (AvgIpc) is 3.37. The summed E-state index contributed by atoms with van der Waals surface area (Å²) in [5.41, 5.74) is 1.93. The van der Waals surface area contributed by atoms with E-state index in [9.17, 15) is 4.79 Å². The van der Waals surface area contributed by atoms with Gasteiger partial charge in [-0.05, 0) is 92.0 Å². The van der Waals surface area contributed by atoms with Gasteiger partial charge in [-0.15, -0.1) is 11.3 Å². The smallest absolute Gasteiger partial charge is 0.266 e. The fraction of sp³-hybridized carbons (Fsp3) is 0.448. The molecule has 7 heteroatoms. The molecule has 1 amide bonds. The van der Waals surface area contributed by atoms with Crippen molar-refractivity contribution in [2.45, 2.75) is 51.0 Å². The van der Waals surface area contributed by atoms with Crippen molar-refractivity contribution < 1.29 is 9.90 Å². The first kappa shape index (κ1) is 24.7. The van der Waals surface area contributed by atoms with Gasteiger partial charge in [0.15, 0.2) is 0 Å². The molecule has 36 heavy (non-hydrogen) atoms. The van der Waals surface area contributed by atoms with E-state index in [2.05, 4.69) is 17.9 Å². The van der Waals surface area contributed by atoms with Crippen LogP contribution in [0, 0.1) is 35.5 Å². The number of aliphatic hydroxyl groups excluding tert-OH is 1. The highest BCUT2D eigenvalue weighted by molar-refractivity contribution is 8.26. The van der Waals surface area contributed by atoms with Gasteiger partial charge in [0.1, 0.15) is 4.32 Å². The Balaban J connectivity index is 1.31. The van der Waals surface area contributed by atoms with Crippen LogP contribution in [-0.4, -0.2) is 32.9 Å². The number of aliphatic hydroxyl groups is 1. The number of unbranched alkanes of at least 4 members (excludes halogenated alkanes) is 1. The lowest BCUT2D eigenvalue weighted by atomic mass is 9.54. The Kier molecular flexibility index (Phi) is 7.05. The number of carbonyl (C=O) groups excluding carboxylic acids is 1. The molecule has 0 atom stereocenters. The van der Waals surface area contributed by atoms with Crippen molar-refractivity contribution in [3.05, 3.63) is 50.7 Å². The highest BCUT2D eigenvalue weighted by Gasteiger charge is 2.53. The number of halogens is 1. The first-order valence-corrected chi connectivity index (χ1v) is 15.2. The van der Waals surface area contributed by atoms with E-state index in [4.69, 9.17) is 28.9 Å². The maximum atomic E-state index is 13.7. The van der Waals surface area contributed by atoms with Crippen LogP contribution in [0.2, 0.25) is 5.02 Å². The summed E-state index contributed by atoms with van der Waals surface area (Å²) in [7, 11) is 0. The highest BCUT2D eigenvalue weighted by Crippen LogP contribution is 2.56. The highest BCUT2D eigenvalue weighted by atomic mass is 35.5. The lowest BCUT2D eigenvalue weighted by Crippen LogP contribution is -2.57. The maximum Gasteiger partial charge on any atom is 0.266 e. The second kappa shape index (κ2) is 10.3. The molecule has 2 aromatic rings. The summed E-state index contributed by atoms with van der Waals surface area (Å²) >= 11 is 15.1. The van der Waals surface area contributed by atoms with Gasteiger partial charge in [-0.2, -0.15) is 0 Å². The third-order valence-electron chi connectivity index (χ3n) is 8.11. The molecule has 1 N–H and O–H groups in total. The number of hydrogen-bond donors (Lipinski definition) is 1. The second-order valence-electron chi connectivity index (χ2n) is 10.5. The van der Waals surface area contributed by atoms with Gasteiger partial charge in [-0.3, -0.25) is 9.69 Å². The summed E-state index contributed by atoms with van der Waals surface area (Å²) in [5, 5.41) is 9.79. The first-order chi connectivity index (χ1) is 17.5. The lowest BCUT2D eigenvalue weighted by Gasteiger charge is -2.56. The van der Waals surface area contributed by atoms with Crippen molar-refractivity contribution >= 4 is 63.2 Å². The second-order valence-corrected chi connectivity index (χ2v) is 13.7. The van der Waals surface area contributed by atoms with Crippen molar-refractivity contribution in [3.63, 3.8) is 0 Å². The van der Waals surface area contributed by atoms with Crippen LogP contribution in [0.4, 0.5) is 0 Å². The fourth-order valence-electron chi connectivity index (χ4n) is 6.89. The van der Waals surface area contributed by atoms with Crippen molar-refractivity contribution in [2.24, 2.45) is 23.7 Å². The normalized spacial score (nSPS) is 29.8. The zero-order valence-corrected chi connectivity index (χ0v) is 23.1. The maximum absolute atomic E-state index is 13.7. The number of thiophene rings is 1. The molecule has 5 aliphatic rings. The molecule has 186 valence electrons. The minimum Gasteiger partial charge on any atom is -0.396 e. The number of thioether (sulfide) groups is 1. The molecule has 4 bridgehead atoms. The average molecular weight is 554 g/mol. The SMILES string of the molecule is O=C1/C(=C/c2sc(-c3cccc(Cl)c3)cc2C#CCCCO)SC(=S)N1C1C2CC3CC(C2)CC1C3. The number of carbonyl (C=O) groups is 1. The number of amides is 1. The van der Waals surface area contributed by atoms with Gasteiger partial charge in [0.2, 0.25) is 0 Å². The van der Waals surface area contributed by atoms with Crippen LogP contribution >= 0.6 is 46.9 Å². The molecule has 2 heterocycles. The molecule has 0 unspecified atom stereocenters. The van der Waals surface area contributed by atoms with E-state index in [0.29, 0.717) is 38.9 Å². The molecule has 4 aliphatic carbocycles. The van der Waals surface area contributed by atoms with Gasteiger partial charge in [-0.1, -0.05) is 59.6 Å². The monoisotopic (exact) mass is 553 g/mol. The van der Waals surface area contributed by atoms with Crippen LogP contribution in [0.15, 0.2) is 35.2 Å². The molecule has 4 saturated carbocycles. The van der Waals surface area contributed by atoms with E-state index in [-0.39, 0.29) is 18.6 Å². The first-order valence-electron chi connectivity index (χ1n) is 12.8. The van der Waals surface area contributed by atoms with E-state index in [1.54, 1.807) is 11.3 Å². The molecule has 1 aromatic carbocycles. The summed E-state index contributed by atoms with van der Waals surface area (Å²) in [5.74, 6) is 9.45. The molecule has 1 aromatic heterocycles. The molecule has 0 spiro atoms. The van der Waals surface area contributed by atoms with E-state index < -0.39 is 0 Å².